The third kappa shape index (κ3) is 3.33. The summed E-state index contributed by atoms with van der Waals surface area (Å²) in [5.41, 5.74) is 1.15. The molecule has 0 radical (unpaired) electrons. The van der Waals surface area contributed by atoms with Crippen LogP contribution in [0.15, 0.2) is 23.1 Å². The molecule has 6 heteroatoms. The molecule has 0 bridgehead atoms. The summed E-state index contributed by atoms with van der Waals surface area (Å²) in [7, 11) is -1.95. The molecule has 0 atom stereocenters. The second-order valence-electron chi connectivity index (χ2n) is 5.15. The molecule has 1 aliphatic rings. The number of sulfonamides is 1. The quantitative estimate of drug-likeness (QED) is 0.898. The van der Waals surface area contributed by atoms with Gasteiger partial charge in [0.2, 0.25) is 10.0 Å². The molecule has 19 heavy (non-hydrogen) atoms. The van der Waals surface area contributed by atoms with Gasteiger partial charge in [-0.3, -0.25) is 4.79 Å². The standard InChI is InChI=1S/C13H18N2O3S/c1-9-7-11(19(14,17)18)5-6-12(9)13(16)15(2)8-10-3-4-10/h5-7,10H,3-4,8H2,1-2H3,(H2,14,17,18). The number of nitrogens with zero attached hydrogens (tertiary/aromatic N) is 1. The average Bonchev–Trinajstić information content (AvgIpc) is 3.10. The zero-order valence-electron chi connectivity index (χ0n) is 11.1. The van der Waals surface area contributed by atoms with Crippen molar-refractivity contribution in [1.82, 2.24) is 4.90 Å². The van der Waals surface area contributed by atoms with Crippen LogP contribution in [0.1, 0.15) is 28.8 Å². The highest BCUT2D eigenvalue weighted by atomic mass is 32.2. The van der Waals surface area contributed by atoms with Gasteiger partial charge in [-0.05, 0) is 49.4 Å². The molecule has 1 saturated carbocycles. The lowest BCUT2D eigenvalue weighted by atomic mass is 10.1. The van der Waals surface area contributed by atoms with Crippen LogP contribution in [0.5, 0.6) is 0 Å². The number of amides is 1. The van der Waals surface area contributed by atoms with Crippen LogP contribution in [-0.2, 0) is 10.0 Å². The molecule has 1 aromatic carbocycles. The first-order chi connectivity index (χ1) is 8.79. The van der Waals surface area contributed by atoms with Gasteiger partial charge >= 0.3 is 0 Å². The monoisotopic (exact) mass is 282 g/mol. The van der Waals surface area contributed by atoms with E-state index in [1.54, 1.807) is 18.9 Å². The van der Waals surface area contributed by atoms with Crippen LogP contribution in [0.3, 0.4) is 0 Å². The molecule has 104 valence electrons. The van der Waals surface area contributed by atoms with Gasteiger partial charge in [0.1, 0.15) is 0 Å². The van der Waals surface area contributed by atoms with Crippen molar-refractivity contribution < 1.29 is 13.2 Å². The second kappa shape index (κ2) is 4.94. The molecule has 0 heterocycles. The molecule has 0 unspecified atom stereocenters. The predicted octanol–water partition coefficient (Wildman–Crippen LogP) is 1.12. The maximum Gasteiger partial charge on any atom is 0.253 e. The number of aryl methyl sites for hydroxylation is 1. The fourth-order valence-electron chi connectivity index (χ4n) is 2.03. The van der Waals surface area contributed by atoms with Gasteiger partial charge in [0, 0.05) is 19.2 Å². The van der Waals surface area contributed by atoms with Crippen molar-refractivity contribution in [2.45, 2.75) is 24.7 Å². The van der Waals surface area contributed by atoms with Crippen molar-refractivity contribution in [3.63, 3.8) is 0 Å². The number of carbonyl (C=O) groups is 1. The summed E-state index contributed by atoms with van der Waals surface area (Å²) in [6.07, 6.45) is 2.36. The van der Waals surface area contributed by atoms with Gasteiger partial charge in [0.15, 0.2) is 0 Å². The summed E-state index contributed by atoms with van der Waals surface area (Å²) < 4.78 is 22.5. The summed E-state index contributed by atoms with van der Waals surface area (Å²) >= 11 is 0. The van der Waals surface area contributed by atoms with Crippen molar-refractivity contribution in [3.8, 4) is 0 Å². The van der Waals surface area contributed by atoms with E-state index in [0.717, 1.165) is 6.54 Å². The molecular weight excluding hydrogens is 264 g/mol. The maximum atomic E-state index is 12.2. The second-order valence-corrected chi connectivity index (χ2v) is 6.71. The first-order valence-electron chi connectivity index (χ1n) is 6.18. The van der Waals surface area contributed by atoms with Crippen molar-refractivity contribution in [2.24, 2.45) is 11.1 Å². The average molecular weight is 282 g/mol. The van der Waals surface area contributed by atoms with Crippen LogP contribution in [0, 0.1) is 12.8 Å². The van der Waals surface area contributed by atoms with Gasteiger partial charge in [-0.1, -0.05) is 0 Å². The largest absolute Gasteiger partial charge is 0.341 e. The Balaban J connectivity index is 2.22. The normalized spacial score (nSPS) is 15.3. The first kappa shape index (κ1) is 14.0. The molecule has 1 aromatic rings. The van der Waals surface area contributed by atoms with Crippen molar-refractivity contribution in [3.05, 3.63) is 29.3 Å². The van der Waals surface area contributed by atoms with Crippen molar-refractivity contribution in [2.75, 3.05) is 13.6 Å². The number of hydrogen-bond acceptors (Lipinski definition) is 3. The molecule has 0 spiro atoms. The van der Waals surface area contributed by atoms with Crippen LogP contribution >= 0.6 is 0 Å². The highest BCUT2D eigenvalue weighted by molar-refractivity contribution is 7.89. The van der Waals surface area contributed by atoms with Crippen LogP contribution in [0.2, 0.25) is 0 Å². The molecule has 1 aliphatic carbocycles. The Hall–Kier alpha value is -1.40. The molecular formula is C13H18N2O3S. The van der Waals surface area contributed by atoms with E-state index in [0.29, 0.717) is 17.0 Å². The molecule has 0 aliphatic heterocycles. The lowest BCUT2D eigenvalue weighted by molar-refractivity contribution is 0.0788. The van der Waals surface area contributed by atoms with E-state index < -0.39 is 10.0 Å². The topological polar surface area (TPSA) is 80.5 Å². The Labute approximate surface area is 113 Å². The zero-order chi connectivity index (χ0) is 14.2. The lowest BCUT2D eigenvalue weighted by Crippen LogP contribution is -2.29. The highest BCUT2D eigenvalue weighted by Gasteiger charge is 2.26. The number of nitrogens with two attached hydrogens (primary N) is 1. The van der Waals surface area contributed by atoms with Gasteiger partial charge in [-0.2, -0.15) is 0 Å². The number of benzene rings is 1. The Kier molecular flexibility index (Phi) is 3.64. The Morgan fingerprint density at radius 2 is 2.05 bits per heavy atom. The number of carbonyl (C=O) groups excluding carboxylic acids is 1. The molecule has 0 aromatic heterocycles. The summed E-state index contributed by atoms with van der Waals surface area (Å²) in [6, 6.07) is 4.34. The van der Waals surface area contributed by atoms with Crippen molar-refractivity contribution in [1.29, 1.82) is 0 Å². The van der Waals surface area contributed by atoms with Crippen LogP contribution < -0.4 is 5.14 Å². The fourth-order valence-corrected chi connectivity index (χ4v) is 2.63. The van der Waals surface area contributed by atoms with Gasteiger partial charge in [0.25, 0.3) is 5.91 Å². The number of hydrogen-bond donors (Lipinski definition) is 1. The Morgan fingerprint density at radius 1 is 1.42 bits per heavy atom. The summed E-state index contributed by atoms with van der Waals surface area (Å²) in [4.78, 5) is 14.0. The SMILES string of the molecule is Cc1cc(S(N)(=O)=O)ccc1C(=O)N(C)CC1CC1. The molecule has 0 saturated heterocycles. The minimum Gasteiger partial charge on any atom is -0.341 e. The smallest absolute Gasteiger partial charge is 0.253 e. The van der Waals surface area contributed by atoms with E-state index in [-0.39, 0.29) is 10.8 Å². The first-order valence-corrected chi connectivity index (χ1v) is 7.72. The zero-order valence-corrected chi connectivity index (χ0v) is 11.9. The third-order valence-electron chi connectivity index (χ3n) is 3.33. The van der Waals surface area contributed by atoms with Crippen LogP contribution in [-0.4, -0.2) is 32.8 Å². The van der Waals surface area contributed by atoms with E-state index in [2.05, 4.69) is 0 Å². The Bertz CT molecular complexity index is 606. The molecule has 1 amide bonds. The van der Waals surface area contributed by atoms with Gasteiger partial charge in [-0.15, -0.1) is 0 Å². The van der Waals surface area contributed by atoms with Gasteiger partial charge < -0.3 is 4.90 Å². The highest BCUT2D eigenvalue weighted by Crippen LogP contribution is 2.29. The summed E-state index contributed by atoms with van der Waals surface area (Å²) in [5.74, 6) is 0.545. The predicted molar refractivity (Wildman–Crippen MR) is 72.2 cm³/mol. The van der Waals surface area contributed by atoms with Crippen LogP contribution in [0.25, 0.3) is 0 Å². The van der Waals surface area contributed by atoms with E-state index in [1.165, 1.54) is 31.0 Å². The summed E-state index contributed by atoms with van der Waals surface area (Å²) in [6.45, 7) is 2.47. The van der Waals surface area contributed by atoms with Crippen LogP contribution in [0.4, 0.5) is 0 Å². The van der Waals surface area contributed by atoms with E-state index in [9.17, 15) is 13.2 Å². The number of primary sulfonamides is 1. The maximum absolute atomic E-state index is 12.2. The third-order valence-corrected chi connectivity index (χ3v) is 4.24. The molecule has 2 N–H and O–H groups in total. The van der Waals surface area contributed by atoms with E-state index >= 15 is 0 Å². The summed E-state index contributed by atoms with van der Waals surface area (Å²) in [5, 5.41) is 5.06. The van der Waals surface area contributed by atoms with Gasteiger partial charge in [-0.25, -0.2) is 13.6 Å². The van der Waals surface area contributed by atoms with Crippen molar-refractivity contribution >= 4 is 15.9 Å². The lowest BCUT2D eigenvalue weighted by Gasteiger charge is -2.18. The van der Waals surface area contributed by atoms with E-state index in [1.807, 2.05) is 0 Å². The molecule has 1 fully saturated rings. The van der Waals surface area contributed by atoms with E-state index in [4.69, 9.17) is 5.14 Å². The minimum absolute atomic E-state index is 0.0337. The van der Waals surface area contributed by atoms with Gasteiger partial charge in [0.05, 0.1) is 4.90 Å². The Morgan fingerprint density at radius 3 is 2.53 bits per heavy atom. The minimum atomic E-state index is -3.72. The molecule has 2 rings (SSSR count). The fraction of sp³-hybridized carbons (Fsp3) is 0.462. The number of rotatable bonds is 4. The molecule has 5 nitrogen and oxygen atoms in total.